The molecular weight excluding hydrogens is 432 g/mol. The van der Waals surface area contributed by atoms with E-state index < -0.39 is 28.1 Å². The van der Waals surface area contributed by atoms with Crippen LogP contribution in [0.5, 0.6) is 17.2 Å². The van der Waals surface area contributed by atoms with Crippen molar-refractivity contribution in [2.75, 3.05) is 0 Å². The van der Waals surface area contributed by atoms with Gasteiger partial charge in [0.25, 0.3) is 0 Å². The van der Waals surface area contributed by atoms with Crippen LogP contribution in [0, 0.1) is 11.8 Å². The number of phenolic OH excluding ortho intramolecular Hbond substituents is 1. The Morgan fingerprint density at radius 2 is 1.91 bits per heavy atom. The molecular formula is C28H32O6. The van der Waals surface area contributed by atoms with Crippen molar-refractivity contribution < 1.29 is 28.9 Å². The summed E-state index contributed by atoms with van der Waals surface area (Å²) in [6, 6.07) is 1.53. The third kappa shape index (κ3) is 2.22. The van der Waals surface area contributed by atoms with Gasteiger partial charge in [-0.05, 0) is 41.0 Å². The predicted molar refractivity (Wildman–Crippen MR) is 126 cm³/mol. The first-order chi connectivity index (χ1) is 15.8. The molecule has 3 aliphatic carbocycles. The summed E-state index contributed by atoms with van der Waals surface area (Å²) in [5.41, 5.74) is -1.22. The van der Waals surface area contributed by atoms with Crippen LogP contribution in [-0.4, -0.2) is 39.6 Å². The third-order valence-corrected chi connectivity index (χ3v) is 9.08. The SMILES string of the molecule is CC(C)=CC[C@]12OC(C)(C)C3CC(C=C4C(=O)c5c(O)cc6c(c5OC431)C(C)(C)C(C)O6)C2=O. The molecule has 34 heavy (non-hydrogen) atoms. The number of carbonyl (C=O) groups excluding carboxylic acids is 2. The number of rotatable bonds is 2. The molecule has 180 valence electrons. The first-order valence-electron chi connectivity index (χ1n) is 12.2. The Kier molecular flexibility index (Phi) is 3.96. The standard InChI is InChI=1S/C28H32O6/c1-13(2)8-9-27-24(31)15-10-16-22(30)20-17(29)12-18-21(25(4,5)14(3)32-18)23(20)33-28(16,27)19(11-15)26(6,7)34-27/h8,10,12,14-15,19,29H,9,11H2,1-7H3/t14?,15?,19?,27-,28?/m1/s1. The molecule has 4 bridgehead atoms. The van der Waals surface area contributed by atoms with Gasteiger partial charge in [0, 0.05) is 40.9 Å². The number of fused-ring (bicyclic) bond motifs is 3. The van der Waals surface area contributed by atoms with Gasteiger partial charge in [-0.2, -0.15) is 0 Å². The van der Waals surface area contributed by atoms with Crippen molar-refractivity contribution in [3.8, 4) is 17.2 Å². The third-order valence-electron chi connectivity index (χ3n) is 9.08. The van der Waals surface area contributed by atoms with E-state index >= 15 is 0 Å². The molecule has 1 aromatic carbocycles. The zero-order valence-corrected chi connectivity index (χ0v) is 20.9. The van der Waals surface area contributed by atoms with Crippen LogP contribution in [0.25, 0.3) is 0 Å². The summed E-state index contributed by atoms with van der Waals surface area (Å²) in [4.78, 5) is 28.1. The molecule has 0 amide bonds. The monoisotopic (exact) mass is 464 g/mol. The average molecular weight is 465 g/mol. The molecule has 5 atom stereocenters. The number of hydrogen-bond donors (Lipinski definition) is 1. The minimum absolute atomic E-state index is 0.0208. The number of hydrogen-bond acceptors (Lipinski definition) is 6. The molecule has 6 heteroatoms. The number of benzene rings is 1. The number of aromatic hydroxyl groups is 1. The molecule has 1 saturated carbocycles. The minimum atomic E-state index is -1.30. The van der Waals surface area contributed by atoms with Gasteiger partial charge in [0.2, 0.25) is 0 Å². The van der Waals surface area contributed by atoms with Crippen LogP contribution in [0.3, 0.4) is 0 Å². The molecule has 7 rings (SSSR count). The van der Waals surface area contributed by atoms with E-state index in [-0.39, 0.29) is 34.9 Å². The van der Waals surface area contributed by atoms with Crippen LogP contribution in [0.15, 0.2) is 29.4 Å². The molecule has 1 saturated heterocycles. The summed E-state index contributed by atoms with van der Waals surface area (Å²) in [6.45, 7) is 14.0. The van der Waals surface area contributed by atoms with Gasteiger partial charge < -0.3 is 19.3 Å². The van der Waals surface area contributed by atoms with Crippen molar-refractivity contribution in [1.29, 1.82) is 0 Å². The second kappa shape index (κ2) is 6.14. The molecule has 6 aliphatic rings. The highest BCUT2D eigenvalue weighted by atomic mass is 16.6. The highest BCUT2D eigenvalue weighted by Crippen LogP contribution is 2.69. The van der Waals surface area contributed by atoms with Crippen LogP contribution in [-0.2, 0) is 14.9 Å². The van der Waals surface area contributed by atoms with E-state index in [2.05, 4.69) is 13.8 Å². The molecule has 1 aromatic rings. The maximum atomic E-state index is 14.1. The molecule has 6 nitrogen and oxygen atoms in total. The lowest BCUT2D eigenvalue weighted by Gasteiger charge is -2.56. The Morgan fingerprint density at radius 3 is 2.59 bits per heavy atom. The molecule has 1 spiro atoms. The Hall–Kier alpha value is -2.60. The number of allylic oxidation sites excluding steroid dienone is 2. The first-order valence-corrected chi connectivity index (χ1v) is 12.2. The summed E-state index contributed by atoms with van der Waals surface area (Å²) < 4.78 is 19.8. The average Bonchev–Trinajstić information content (AvgIpc) is 3.05. The quantitative estimate of drug-likeness (QED) is 0.633. The van der Waals surface area contributed by atoms with Crippen molar-refractivity contribution in [2.45, 2.75) is 89.6 Å². The van der Waals surface area contributed by atoms with E-state index in [4.69, 9.17) is 14.2 Å². The maximum Gasteiger partial charge on any atom is 0.200 e. The maximum absolute atomic E-state index is 14.1. The Labute approximate surface area is 200 Å². The van der Waals surface area contributed by atoms with E-state index in [0.29, 0.717) is 29.9 Å². The summed E-state index contributed by atoms with van der Waals surface area (Å²) in [6.07, 6.45) is 4.53. The van der Waals surface area contributed by atoms with Gasteiger partial charge in [-0.3, -0.25) is 9.59 Å². The van der Waals surface area contributed by atoms with Gasteiger partial charge in [-0.15, -0.1) is 0 Å². The fourth-order valence-electron chi connectivity index (χ4n) is 7.16. The molecule has 1 N–H and O–H groups in total. The fourth-order valence-corrected chi connectivity index (χ4v) is 7.16. The minimum Gasteiger partial charge on any atom is -0.507 e. The second-order valence-corrected chi connectivity index (χ2v) is 12.0. The van der Waals surface area contributed by atoms with Crippen LogP contribution in [0.4, 0.5) is 0 Å². The zero-order chi connectivity index (χ0) is 24.6. The van der Waals surface area contributed by atoms with Crippen molar-refractivity contribution in [3.63, 3.8) is 0 Å². The Bertz CT molecular complexity index is 1250. The predicted octanol–water partition coefficient (Wildman–Crippen LogP) is 4.81. The van der Waals surface area contributed by atoms with E-state index in [9.17, 15) is 14.7 Å². The normalized spacial score (nSPS) is 37.3. The van der Waals surface area contributed by atoms with E-state index in [0.717, 1.165) is 11.1 Å². The smallest absolute Gasteiger partial charge is 0.200 e. The van der Waals surface area contributed by atoms with Crippen LogP contribution < -0.4 is 9.47 Å². The number of ether oxygens (including phenoxy) is 3. The summed E-state index contributed by atoms with van der Waals surface area (Å²) in [5.74, 6) is -0.182. The summed E-state index contributed by atoms with van der Waals surface area (Å²) >= 11 is 0. The van der Waals surface area contributed by atoms with E-state index in [1.807, 2.05) is 40.7 Å². The highest BCUT2D eigenvalue weighted by molar-refractivity contribution is 6.18. The molecule has 3 aliphatic heterocycles. The van der Waals surface area contributed by atoms with Gasteiger partial charge in [0.05, 0.1) is 5.60 Å². The van der Waals surface area contributed by atoms with Crippen molar-refractivity contribution in [3.05, 3.63) is 40.5 Å². The lowest BCUT2D eigenvalue weighted by Crippen LogP contribution is -2.72. The highest BCUT2D eigenvalue weighted by Gasteiger charge is 2.81. The van der Waals surface area contributed by atoms with Crippen molar-refractivity contribution in [1.82, 2.24) is 0 Å². The lowest BCUT2D eigenvalue weighted by molar-refractivity contribution is -0.171. The molecule has 2 fully saturated rings. The Morgan fingerprint density at radius 1 is 1.21 bits per heavy atom. The fraction of sp³-hybridized carbons (Fsp3) is 0.571. The molecule has 3 heterocycles. The Balaban J connectivity index is 1.68. The first kappa shape index (κ1) is 21.9. The largest absolute Gasteiger partial charge is 0.507 e. The molecule has 0 aromatic heterocycles. The summed E-state index contributed by atoms with van der Waals surface area (Å²) in [5, 5.41) is 10.9. The number of ketones is 2. The van der Waals surface area contributed by atoms with Gasteiger partial charge in [0.15, 0.2) is 22.8 Å². The van der Waals surface area contributed by atoms with Gasteiger partial charge in [0.1, 0.15) is 28.9 Å². The van der Waals surface area contributed by atoms with Crippen molar-refractivity contribution in [2.24, 2.45) is 11.8 Å². The van der Waals surface area contributed by atoms with Crippen LogP contribution in [0.2, 0.25) is 0 Å². The number of carbonyl (C=O) groups is 2. The number of phenols is 1. The summed E-state index contributed by atoms with van der Waals surface area (Å²) in [7, 11) is 0. The zero-order valence-electron chi connectivity index (χ0n) is 20.9. The number of Topliss-reactive ketones (excluding diaryl/α,β-unsaturated/α-hetero) is 2. The van der Waals surface area contributed by atoms with Gasteiger partial charge in [-0.25, -0.2) is 0 Å². The topological polar surface area (TPSA) is 82.1 Å². The van der Waals surface area contributed by atoms with Crippen LogP contribution in [0.1, 0.15) is 77.2 Å². The van der Waals surface area contributed by atoms with Crippen molar-refractivity contribution >= 4 is 11.6 Å². The van der Waals surface area contributed by atoms with Gasteiger partial charge >= 0.3 is 0 Å². The van der Waals surface area contributed by atoms with Crippen LogP contribution >= 0.6 is 0 Å². The van der Waals surface area contributed by atoms with Gasteiger partial charge in [-0.1, -0.05) is 31.6 Å². The molecule has 0 radical (unpaired) electrons. The van der Waals surface area contributed by atoms with E-state index in [1.54, 1.807) is 6.08 Å². The molecule has 4 unspecified atom stereocenters. The second-order valence-electron chi connectivity index (χ2n) is 12.0. The van der Waals surface area contributed by atoms with E-state index in [1.165, 1.54) is 6.07 Å². The lowest BCUT2D eigenvalue weighted by atomic mass is 9.51.